The molecular formula is C20H28ClN5. The fourth-order valence-electron chi connectivity index (χ4n) is 3.50. The number of halogens is 1. The van der Waals surface area contributed by atoms with Crippen LogP contribution in [0.5, 0.6) is 0 Å². The number of guanidine groups is 1. The van der Waals surface area contributed by atoms with Gasteiger partial charge in [0.1, 0.15) is 0 Å². The molecule has 1 aliphatic rings. The predicted molar refractivity (Wildman–Crippen MR) is 108 cm³/mol. The molecule has 0 spiro atoms. The number of aryl methyl sites for hydroxylation is 2. The highest BCUT2D eigenvalue weighted by molar-refractivity contribution is 6.30. The smallest absolute Gasteiger partial charge is 0.191 e. The molecule has 0 amide bonds. The molecule has 1 aliphatic carbocycles. The van der Waals surface area contributed by atoms with E-state index in [9.17, 15) is 0 Å². The van der Waals surface area contributed by atoms with Gasteiger partial charge in [0.05, 0.1) is 5.69 Å². The van der Waals surface area contributed by atoms with Gasteiger partial charge in [-0.1, -0.05) is 23.7 Å². The lowest BCUT2D eigenvalue weighted by atomic mass is 9.96. The number of hydrogen-bond acceptors (Lipinski definition) is 2. The van der Waals surface area contributed by atoms with E-state index in [1.807, 2.05) is 30.9 Å². The second-order valence-corrected chi connectivity index (χ2v) is 7.60. The number of benzene rings is 1. The van der Waals surface area contributed by atoms with E-state index in [2.05, 4.69) is 46.7 Å². The van der Waals surface area contributed by atoms with Crippen molar-refractivity contribution in [1.29, 1.82) is 0 Å². The van der Waals surface area contributed by atoms with Crippen molar-refractivity contribution < 1.29 is 0 Å². The van der Waals surface area contributed by atoms with Gasteiger partial charge in [0.25, 0.3) is 0 Å². The van der Waals surface area contributed by atoms with Gasteiger partial charge in [0, 0.05) is 43.3 Å². The Morgan fingerprint density at radius 1 is 1.31 bits per heavy atom. The summed E-state index contributed by atoms with van der Waals surface area (Å²) in [6.07, 6.45) is 3.31. The van der Waals surface area contributed by atoms with Crippen LogP contribution in [0.25, 0.3) is 0 Å². The Kier molecular flexibility index (Phi) is 5.56. The topological polar surface area (TPSA) is 54.2 Å². The number of hydrogen-bond donors (Lipinski definition) is 2. The van der Waals surface area contributed by atoms with Crippen LogP contribution in [0.4, 0.5) is 0 Å². The highest BCUT2D eigenvalue weighted by atomic mass is 35.5. The van der Waals surface area contributed by atoms with Gasteiger partial charge in [-0.2, -0.15) is 5.10 Å². The van der Waals surface area contributed by atoms with E-state index in [0.717, 1.165) is 36.2 Å². The van der Waals surface area contributed by atoms with E-state index in [0.29, 0.717) is 0 Å². The maximum absolute atomic E-state index is 6.16. The molecule has 1 aromatic heterocycles. The first kappa shape index (κ1) is 18.8. The number of rotatable bonds is 6. The van der Waals surface area contributed by atoms with E-state index in [-0.39, 0.29) is 5.41 Å². The van der Waals surface area contributed by atoms with E-state index in [4.69, 9.17) is 11.6 Å². The highest BCUT2D eigenvalue weighted by Gasteiger charge is 2.44. The molecule has 0 atom stereocenters. The van der Waals surface area contributed by atoms with E-state index in [1.165, 1.54) is 29.7 Å². The Balaban J connectivity index is 1.52. The third-order valence-electron chi connectivity index (χ3n) is 5.43. The van der Waals surface area contributed by atoms with Crippen molar-refractivity contribution in [1.82, 2.24) is 20.4 Å². The summed E-state index contributed by atoms with van der Waals surface area (Å²) in [5.41, 5.74) is 5.15. The number of aromatic nitrogens is 2. The highest BCUT2D eigenvalue weighted by Crippen LogP contribution is 2.48. The first-order valence-corrected chi connectivity index (χ1v) is 9.52. The summed E-state index contributed by atoms with van der Waals surface area (Å²) in [5.74, 6) is 0.845. The molecule has 0 saturated heterocycles. The zero-order valence-electron chi connectivity index (χ0n) is 16.1. The quantitative estimate of drug-likeness (QED) is 0.604. The number of nitrogens with one attached hydrogen (secondary N) is 2. The average Bonchev–Trinajstić information content (AvgIpc) is 3.37. The second kappa shape index (κ2) is 7.70. The molecule has 2 aromatic rings. The van der Waals surface area contributed by atoms with Crippen molar-refractivity contribution in [3.05, 3.63) is 51.8 Å². The number of aliphatic imine (C=N–C) groups is 1. The largest absolute Gasteiger partial charge is 0.356 e. The zero-order valence-corrected chi connectivity index (χ0v) is 16.8. The lowest BCUT2D eigenvalue weighted by Gasteiger charge is -2.19. The summed E-state index contributed by atoms with van der Waals surface area (Å²) in [7, 11) is 3.81. The van der Waals surface area contributed by atoms with Gasteiger partial charge in [0.15, 0.2) is 5.96 Å². The molecule has 0 aliphatic heterocycles. The van der Waals surface area contributed by atoms with Crippen molar-refractivity contribution in [2.75, 3.05) is 20.1 Å². The maximum atomic E-state index is 6.16. The molecule has 0 radical (unpaired) electrons. The lowest BCUT2D eigenvalue weighted by molar-refractivity contribution is 0.645. The van der Waals surface area contributed by atoms with Crippen LogP contribution >= 0.6 is 11.6 Å². The van der Waals surface area contributed by atoms with Gasteiger partial charge in [-0.05, 0) is 56.4 Å². The minimum atomic E-state index is 0.193. The molecule has 3 rings (SSSR count). The van der Waals surface area contributed by atoms with Crippen molar-refractivity contribution in [2.24, 2.45) is 12.0 Å². The fraction of sp³-hybridized carbons (Fsp3) is 0.500. The van der Waals surface area contributed by atoms with Crippen LogP contribution in [0.3, 0.4) is 0 Å². The van der Waals surface area contributed by atoms with Crippen LogP contribution in [0.15, 0.2) is 29.3 Å². The maximum Gasteiger partial charge on any atom is 0.191 e. The SMILES string of the molecule is CN=C(NCCc1c(C)nn(C)c1C)NCC1(c2cccc(Cl)c2)CC1. The molecule has 1 fully saturated rings. The van der Waals surface area contributed by atoms with Gasteiger partial charge >= 0.3 is 0 Å². The van der Waals surface area contributed by atoms with E-state index < -0.39 is 0 Å². The van der Waals surface area contributed by atoms with Crippen molar-refractivity contribution in [3.63, 3.8) is 0 Å². The Hall–Kier alpha value is -2.01. The molecule has 2 N–H and O–H groups in total. The average molecular weight is 374 g/mol. The third-order valence-corrected chi connectivity index (χ3v) is 5.67. The molecule has 5 nitrogen and oxygen atoms in total. The van der Waals surface area contributed by atoms with Crippen LogP contribution in [0.2, 0.25) is 5.02 Å². The van der Waals surface area contributed by atoms with Crippen LogP contribution in [0, 0.1) is 13.8 Å². The van der Waals surface area contributed by atoms with Crippen molar-refractivity contribution in [3.8, 4) is 0 Å². The summed E-state index contributed by atoms with van der Waals surface area (Å²) >= 11 is 6.16. The van der Waals surface area contributed by atoms with Crippen molar-refractivity contribution >= 4 is 17.6 Å². The summed E-state index contributed by atoms with van der Waals surface area (Å²) in [6, 6.07) is 8.21. The van der Waals surface area contributed by atoms with Gasteiger partial charge in [-0.3, -0.25) is 9.67 Å². The standard InChI is InChI=1S/C20H28ClN5/c1-14-18(15(2)26(4)25-14)8-11-23-19(22-3)24-13-20(9-10-20)16-6-5-7-17(21)12-16/h5-7,12H,8-11,13H2,1-4H3,(H2,22,23,24). The normalized spacial score (nSPS) is 15.8. The molecule has 1 aromatic carbocycles. The Morgan fingerprint density at radius 3 is 2.65 bits per heavy atom. The summed E-state index contributed by atoms with van der Waals surface area (Å²) in [4.78, 5) is 4.36. The third kappa shape index (κ3) is 4.04. The minimum absolute atomic E-state index is 0.193. The molecule has 6 heteroatoms. The lowest BCUT2D eigenvalue weighted by Crippen LogP contribution is -2.42. The molecular weight excluding hydrogens is 346 g/mol. The fourth-order valence-corrected chi connectivity index (χ4v) is 3.69. The van der Waals surface area contributed by atoms with Crippen LogP contribution in [-0.4, -0.2) is 35.9 Å². The Morgan fingerprint density at radius 2 is 2.08 bits per heavy atom. The van der Waals surface area contributed by atoms with Crippen LogP contribution in [-0.2, 0) is 18.9 Å². The van der Waals surface area contributed by atoms with Crippen LogP contribution in [0.1, 0.15) is 35.4 Å². The monoisotopic (exact) mass is 373 g/mol. The molecule has 0 bridgehead atoms. The zero-order chi connectivity index (χ0) is 18.7. The molecule has 140 valence electrons. The predicted octanol–water partition coefficient (Wildman–Crippen LogP) is 3.13. The molecule has 0 unspecified atom stereocenters. The molecule has 1 saturated carbocycles. The van der Waals surface area contributed by atoms with E-state index >= 15 is 0 Å². The Labute approximate surface area is 160 Å². The van der Waals surface area contributed by atoms with E-state index in [1.54, 1.807) is 0 Å². The van der Waals surface area contributed by atoms with Crippen LogP contribution < -0.4 is 10.6 Å². The van der Waals surface area contributed by atoms with Gasteiger partial charge in [-0.15, -0.1) is 0 Å². The first-order chi connectivity index (χ1) is 12.4. The van der Waals surface area contributed by atoms with Gasteiger partial charge in [0.2, 0.25) is 0 Å². The van der Waals surface area contributed by atoms with Gasteiger partial charge in [-0.25, -0.2) is 0 Å². The number of nitrogens with zero attached hydrogens (tertiary/aromatic N) is 3. The van der Waals surface area contributed by atoms with Crippen molar-refractivity contribution in [2.45, 2.75) is 38.5 Å². The second-order valence-electron chi connectivity index (χ2n) is 7.17. The summed E-state index contributed by atoms with van der Waals surface area (Å²) < 4.78 is 1.94. The molecule has 1 heterocycles. The van der Waals surface area contributed by atoms with Gasteiger partial charge < -0.3 is 10.6 Å². The first-order valence-electron chi connectivity index (χ1n) is 9.15. The molecule has 26 heavy (non-hydrogen) atoms. The summed E-state index contributed by atoms with van der Waals surface area (Å²) in [6.45, 7) is 5.89. The summed E-state index contributed by atoms with van der Waals surface area (Å²) in [5, 5.41) is 12.2. The Bertz CT molecular complexity index is 805. The minimum Gasteiger partial charge on any atom is -0.356 e.